The molecule has 0 spiro atoms. The van der Waals surface area contributed by atoms with Gasteiger partial charge in [0, 0.05) is 34.9 Å². The molecule has 2 heterocycles. The van der Waals surface area contributed by atoms with E-state index in [1.807, 2.05) is 11.4 Å². The lowest BCUT2D eigenvalue weighted by Crippen LogP contribution is -2.34. The van der Waals surface area contributed by atoms with Crippen molar-refractivity contribution in [2.24, 2.45) is 0 Å². The standard InChI is InChI=1S/C13H10N2O3S2/c16-12(9-1-3-10(4-2-9)15(17)18)14-6-8-19-11-5-7-20-13(11)14/h1-5,7H,6,8H2. The number of carbonyl (C=O) groups excluding carboxylic acids is 1. The van der Waals surface area contributed by atoms with Crippen LogP contribution in [0.1, 0.15) is 10.4 Å². The second-order valence-corrected chi connectivity index (χ2v) is 6.23. The molecule has 7 heteroatoms. The van der Waals surface area contributed by atoms with Gasteiger partial charge in [0.15, 0.2) is 0 Å². The number of rotatable bonds is 2. The Morgan fingerprint density at radius 2 is 2.00 bits per heavy atom. The molecule has 0 aliphatic carbocycles. The highest BCUT2D eigenvalue weighted by Crippen LogP contribution is 2.39. The van der Waals surface area contributed by atoms with Crippen molar-refractivity contribution in [3.8, 4) is 0 Å². The molecule has 102 valence electrons. The van der Waals surface area contributed by atoms with E-state index in [1.54, 1.807) is 28.0 Å². The second-order valence-electron chi connectivity index (χ2n) is 4.20. The molecule has 0 unspecified atom stereocenters. The number of thioether (sulfide) groups is 1. The third-order valence-corrected chi connectivity index (χ3v) is 5.09. The number of amides is 1. The maximum absolute atomic E-state index is 12.5. The fraction of sp³-hybridized carbons (Fsp3) is 0.154. The van der Waals surface area contributed by atoms with Gasteiger partial charge in [-0.25, -0.2) is 0 Å². The van der Waals surface area contributed by atoms with Crippen LogP contribution in [0, 0.1) is 10.1 Å². The van der Waals surface area contributed by atoms with Gasteiger partial charge in [-0.2, -0.15) is 0 Å². The smallest absolute Gasteiger partial charge is 0.269 e. The number of benzene rings is 1. The van der Waals surface area contributed by atoms with Crippen LogP contribution in [0.25, 0.3) is 0 Å². The Hall–Kier alpha value is -1.86. The summed E-state index contributed by atoms with van der Waals surface area (Å²) in [6.07, 6.45) is 0. The molecule has 0 saturated heterocycles. The first-order valence-corrected chi connectivity index (χ1v) is 7.80. The maximum Gasteiger partial charge on any atom is 0.269 e. The van der Waals surface area contributed by atoms with Crippen LogP contribution >= 0.6 is 23.1 Å². The van der Waals surface area contributed by atoms with Crippen molar-refractivity contribution < 1.29 is 9.72 Å². The Bertz CT molecular complexity index is 667. The van der Waals surface area contributed by atoms with Crippen LogP contribution in [-0.2, 0) is 0 Å². The van der Waals surface area contributed by atoms with E-state index in [-0.39, 0.29) is 11.6 Å². The minimum absolute atomic E-state index is 0.00689. The summed E-state index contributed by atoms with van der Waals surface area (Å²) in [4.78, 5) is 25.5. The van der Waals surface area contributed by atoms with Gasteiger partial charge in [-0.15, -0.1) is 23.1 Å². The van der Waals surface area contributed by atoms with Crippen molar-refractivity contribution in [2.45, 2.75) is 4.90 Å². The third kappa shape index (κ3) is 2.30. The third-order valence-electron chi connectivity index (χ3n) is 3.00. The molecule has 1 aromatic heterocycles. The first kappa shape index (κ1) is 13.1. The number of non-ortho nitro benzene ring substituents is 1. The Labute approximate surface area is 123 Å². The second kappa shape index (κ2) is 5.26. The summed E-state index contributed by atoms with van der Waals surface area (Å²) in [5.74, 6) is 0.756. The molecule has 1 amide bonds. The summed E-state index contributed by atoms with van der Waals surface area (Å²) in [6.45, 7) is 0.661. The van der Waals surface area contributed by atoms with Crippen LogP contribution in [0.2, 0.25) is 0 Å². The average Bonchev–Trinajstić information content (AvgIpc) is 2.95. The molecule has 0 bridgehead atoms. The SMILES string of the molecule is O=C(c1ccc([N+](=O)[O-])cc1)N1CCSc2ccsc21. The summed E-state index contributed by atoms with van der Waals surface area (Å²) in [7, 11) is 0. The van der Waals surface area contributed by atoms with E-state index in [1.165, 1.54) is 24.3 Å². The van der Waals surface area contributed by atoms with E-state index in [4.69, 9.17) is 0 Å². The van der Waals surface area contributed by atoms with Crippen LogP contribution in [0.4, 0.5) is 10.7 Å². The summed E-state index contributed by atoms with van der Waals surface area (Å²) in [5, 5.41) is 13.6. The molecule has 1 aromatic carbocycles. The van der Waals surface area contributed by atoms with Crippen LogP contribution in [0.5, 0.6) is 0 Å². The van der Waals surface area contributed by atoms with Gasteiger partial charge in [0.05, 0.1) is 4.92 Å². The number of thiophene rings is 1. The number of hydrogen-bond donors (Lipinski definition) is 0. The summed E-state index contributed by atoms with van der Waals surface area (Å²) >= 11 is 3.29. The van der Waals surface area contributed by atoms with E-state index >= 15 is 0 Å². The molecular weight excluding hydrogens is 296 g/mol. The number of hydrogen-bond acceptors (Lipinski definition) is 5. The Morgan fingerprint density at radius 3 is 2.70 bits per heavy atom. The normalized spacial score (nSPS) is 13.9. The fourth-order valence-electron chi connectivity index (χ4n) is 2.02. The molecule has 0 N–H and O–H groups in total. The Kier molecular flexibility index (Phi) is 3.45. The van der Waals surface area contributed by atoms with Crippen LogP contribution in [0.15, 0.2) is 40.6 Å². The van der Waals surface area contributed by atoms with Crippen LogP contribution in [0.3, 0.4) is 0 Å². The quantitative estimate of drug-likeness (QED) is 0.630. The topological polar surface area (TPSA) is 63.4 Å². The molecular formula is C13H10N2O3S2. The first-order valence-electron chi connectivity index (χ1n) is 5.93. The lowest BCUT2D eigenvalue weighted by molar-refractivity contribution is -0.384. The van der Waals surface area contributed by atoms with Gasteiger partial charge < -0.3 is 0 Å². The summed E-state index contributed by atoms with van der Waals surface area (Å²) in [6, 6.07) is 7.76. The summed E-state index contributed by atoms with van der Waals surface area (Å²) < 4.78 is 0. The van der Waals surface area contributed by atoms with Crippen molar-refractivity contribution in [3.63, 3.8) is 0 Å². The highest BCUT2D eigenvalue weighted by molar-refractivity contribution is 7.99. The van der Waals surface area contributed by atoms with Crippen molar-refractivity contribution in [3.05, 3.63) is 51.4 Å². The average molecular weight is 306 g/mol. The highest BCUT2D eigenvalue weighted by Gasteiger charge is 2.25. The van der Waals surface area contributed by atoms with Crippen molar-refractivity contribution in [1.29, 1.82) is 0 Å². The Morgan fingerprint density at radius 1 is 1.25 bits per heavy atom. The van der Waals surface area contributed by atoms with Gasteiger partial charge in [0.2, 0.25) is 0 Å². The predicted molar refractivity (Wildman–Crippen MR) is 79.8 cm³/mol. The Balaban J connectivity index is 1.89. The number of fused-ring (bicyclic) bond motifs is 1. The number of carbonyl (C=O) groups is 1. The molecule has 1 aliphatic rings. The first-order chi connectivity index (χ1) is 9.66. The zero-order valence-corrected chi connectivity index (χ0v) is 11.9. The lowest BCUT2D eigenvalue weighted by atomic mass is 10.2. The van der Waals surface area contributed by atoms with Gasteiger partial charge >= 0.3 is 0 Å². The van der Waals surface area contributed by atoms with Crippen LogP contribution < -0.4 is 4.90 Å². The van der Waals surface area contributed by atoms with Crippen molar-refractivity contribution in [2.75, 3.05) is 17.2 Å². The number of nitrogens with zero attached hydrogens (tertiary/aromatic N) is 2. The van der Waals surface area contributed by atoms with E-state index in [0.717, 1.165) is 15.6 Å². The molecule has 0 fully saturated rings. The lowest BCUT2D eigenvalue weighted by Gasteiger charge is -2.26. The number of nitro benzene ring substituents is 1. The van der Waals surface area contributed by atoms with E-state index in [0.29, 0.717) is 12.1 Å². The molecule has 0 saturated carbocycles. The molecule has 3 rings (SSSR count). The minimum atomic E-state index is -0.469. The maximum atomic E-state index is 12.5. The predicted octanol–water partition coefficient (Wildman–Crippen LogP) is 3.41. The van der Waals surface area contributed by atoms with Gasteiger partial charge in [0.25, 0.3) is 11.6 Å². The van der Waals surface area contributed by atoms with Gasteiger partial charge in [0.1, 0.15) is 5.00 Å². The van der Waals surface area contributed by atoms with E-state index in [2.05, 4.69) is 0 Å². The zero-order chi connectivity index (χ0) is 14.1. The number of anilines is 1. The van der Waals surface area contributed by atoms with Gasteiger partial charge in [-0.1, -0.05) is 0 Å². The zero-order valence-electron chi connectivity index (χ0n) is 10.3. The molecule has 2 aromatic rings. The molecule has 0 atom stereocenters. The molecule has 0 radical (unpaired) electrons. The largest absolute Gasteiger partial charge is 0.298 e. The van der Waals surface area contributed by atoms with Crippen molar-refractivity contribution >= 4 is 39.7 Å². The van der Waals surface area contributed by atoms with Crippen molar-refractivity contribution in [1.82, 2.24) is 0 Å². The molecule has 20 heavy (non-hydrogen) atoms. The molecule has 1 aliphatic heterocycles. The summed E-state index contributed by atoms with van der Waals surface area (Å²) in [5.41, 5.74) is 0.467. The van der Waals surface area contributed by atoms with Gasteiger partial charge in [-0.3, -0.25) is 19.8 Å². The van der Waals surface area contributed by atoms with Crippen LogP contribution in [-0.4, -0.2) is 23.1 Å². The number of nitro groups is 1. The monoisotopic (exact) mass is 306 g/mol. The van der Waals surface area contributed by atoms with E-state index in [9.17, 15) is 14.9 Å². The van der Waals surface area contributed by atoms with E-state index < -0.39 is 4.92 Å². The highest BCUT2D eigenvalue weighted by atomic mass is 32.2. The molecule has 5 nitrogen and oxygen atoms in total. The van der Waals surface area contributed by atoms with Gasteiger partial charge in [-0.05, 0) is 23.6 Å². The fourth-order valence-corrected chi connectivity index (χ4v) is 4.14. The minimum Gasteiger partial charge on any atom is -0.298 e.